The smallest absolute Gasteiger partial charge is 0.166 e. The van der Waals surface area contributed by atoms with Gasteiger partial charge in [-0.3, -0.25) is 14.4 Å². The SMILES string of the molecule is CCC(=O)c1cc(-c2c(C)c(-c3cc(C=O)c(OC)cc3OC)c(C)c(-c3cc(C=O)c(OC)cc3OC)c2C)c(CC)cc1OC.COC.COC. The number of aldehydes is 2. The molecule has 0 fully saturated rings. The van der Waals surface area contributed by atoms with Crippen molar-refractivity contribution < 1.29 is 47.5 Å². The first-order valence-electron chi connectivity index (χ1n) is 17.0. The minimum Gasteiger partial charge on any atom is -0.496 e. The number of ketones is 1. The molecule has 0 amide bonds. The molecule has 4 rings (SSSR count). The van der Waals surface area contributed by atoms with Crippen LogP contribution >= 0.6 is 0 Å². The number of ether oxygens (including phenoxy) is 7. The van der Waals surface area contributed by atoms with E-state index >= 15 is 0 Å². The van der Waals surface area contributed by atoms with Crippen LogP contribution in [0.1, 0.15) is 73.6 Å². The minimum atomic E-state index is -0.0338. The summed E-state index contributed by atoms with van der Waals surface area (Å²) in [6, 6.07) is 10.8. The third-order valence-electron chi connectivity index (χ3n) is 8.84. The van der Waals surface area contributed by atoms with Crippen LogP contribution in [0.2, 0.25) is 0 Å². The van der Waals surface area contributed by atoms with E-state index in [1.165, 1.54) is 14.2 Å². The fourth-order valence-corrected chi connectivity index (χ4v) is 6.58. The second-order valence-corrected chi connectivity index (χ2v) is 12.0. The fraction of sp³-hybridized carbons (Fsp3) is 0.372. The molecule has 286 valence electrons. The van der Waals surface area contributed by atoms with Crippen molar-refractivity contribution in [3.8, 4) is 62.1 Å². The Morgan fingerprint density at radius 3 is 1.17 bits per heavy atom. The second kappa shape index (κ2) is 20.7. The zero-order valence-corrected chi connectivity index (χ0v) is 33.6. The quantitative estimate of drug-likeness (QED) is 0.0975. The van der Waals surface area contributed by atoms with E-state index in [0.717, 1.165) is 57.1 Å². The van der Waals surface area contributed by atoms with Gasteiger partial charge in [0.2, 0.25) is 0 Å². The van der Waals surface area contributed by atoms with Crippen molar-refractivity contribution in [2.24, 2.45) is 0 Å². The fourth-order valence-electron chi connectivity index (χ4n) is 6.58. The van der Waals surface area contributed by atoms with E-state index in [9.17, 15) is 14.4 Å². The molecule has 0 aliphatic carbocycles. The molecule has 4 aromatic rings. The minimum absolute atomic E-state index is 0.0338. The van der Waals surface area contributed by atoms with Crippen LogP contribution in [0.3, 0.4) is 0 Å². The lowest BCUT2D eigenvalue weighted by Crippen LogP contribution is -2.07. The first-order chi connectivity index (χ1) is 25.4. The summed E-state index contributed by atoms with van der Waals surface area (Å²) >= 11 is 0. The number of hydrogen-bond donors (Lipinski definition) is 0. The van der Waals surface area contributed by atoms with Gasteiger partial charge >= 0.3 is 0 Å². The van der Waals surface area contributed by atoms with E-state index < -0.39 is 0 Å². The third kappa shape index (κ3) is 9.25. The standard InChI is InChI=1S/C39H42O8.2C2H6O/c1-11-24-15-34(45-8)28(31(42)12-2)16-27(24)37-21(3)38(29-13-25(19-40)32(43-6)17-35(29)46-9)23(5)39(22(37)4)30-14-26(20-41)33(44-7)18-36(30)47-10;2*1-3-2/h13-20H,11-12H2,1-10H3;2*1-2H3. The molecular weight excluding hydrogens is 676 g/mol. The number of benzene rings is 4. The first-order valence-corrected chi connectivity index (χ1v) is 17.0. The molecule has 0 saturated carbocycles. The van der Waals surface area contributed by atoms with E-state index in [0.29, 0.717) is 69.4 Å². The molecule has 0 aromatic heterocycles. The van der Waals surface area contributed by atoms with E-state index in [1.807, 2.05) is 39.8 Å². The van der Waals surface area contributed by atoms with Crippen molar-refractivity contribution in [1.82, 2.24) is 0 Å². The van der Waals surface area contributed by atoms with E-state index in [4.69, 9.17) is 23.7 Å². The van der Waals surface area contributed by atoms with E-state index in [1.54, 1.807) is 74.0 Å². The predicted molar refractivity (Wildman–Crippen MR) is 210 cm³/mol. The lowest BCUT2D eigenvalue weighted by atomic mass is 9.78. The van der Waals surface area contributed by atoms with Gasteiger partial charge in [-0.1, -0.05) is 13.8 Å². The lowest BCUT2D eigenvalue weighted by Gasteiger charge is -2.27. The number of hydrogen-bond acceptors (Lipinski definition) is 10. The van der Waals surface area contributed by atoms with Crippen molar-refractivity contribution in [1.29, 1.82) is 0 Å². The van der Waals surface area contributed by atoms with Crippen molar-refractivity contribution in [3.63, 3.8) is 0 Å². The maximum absolute atomic E-state index is 13.2. The highest BCUT2D eigenvalue weighted by Gasteiger charge is 2.28. The number of carbonyl (C=O) groups is 3. The highest BCUT2D eigenvalue weighted by atomic mass is 16.5. The Balaban J connectivity index is 0.00000151. The largest absolute Gasteiger partial charge is 0.496 e. The van der Waals surface area contributed by atoms with Crippen molar-refractivity contribution >= 4 is 18.4 Å². The molecule has 0 bridgehead atoms. The van der Waals surface area contributed by atoms with Gasteiger partial charge < -0.3 is 33.2 Å². The van der Waals surface area contributed by atoms with Crippen LogP contribution in [0, 0.1) is 20.8 Å². The van der Waals surface area contributed by atoms with Crippen LogP contribution in [0.15, 0.2) is 36.4 Å². The summed E-state index contributed by atoms with van der Waals surface area (Å²) in [7, 11) is 14.2. The third-order valence-corrected chi connectivity index (χ3v) is 8.84. The molecule has 4 aromatic carbocycles. The summed E-state index contributed by atoms with van der Waals surface area (Å²) in [5, 5.41) is 0. The molecule has 0 N–H and O–H groups in total. The molecule has 0 spiro atoms. The van der Waals surface area contributed by atoms with Crippen LogP contribution in [-0.4, -0.2) is 82.3 Å². The monoisotopic (exact) mass is 730 g/mol. The van der Waals surface area contributed by atoms with Crippen molar-refractivity contribution in [3.05, 3.63) is 75.3 Å². The van der Waals surface area contributed by atoms with Crippen LogP contribution in [0.5, 0.6) is 28.7 Å². The van der Waals surface area contributed by atoms with Gasteiger partial charge in [0.15, 0.2) is 18.4 Å². The molecule has 53 heavy (non-hydrogen) atoms. The molecular formula is C43H54O10. The molecule has 0 saturated heterocycles. The lowest BCUT2D eigenvalue weighted by molar-refractivity contribution is 0.0984. The molecule has 0 unspecified atom stereocenters. The summed E-state index contributed by atoms with van der Waals surface area (Å²) in [5.74, 6) is 2.31. The van der Waals surface area contributed by atoms with Gasteiger partial charge in [-0.15, -0.1) is 0 Å². The highest BCUT2D eigenvalue weighted by Crippen LogP contribution is 2.50. The van der Waals surface area contributed by atoms with E-state index in [-0.39, 0.29) is 5.78 Å². The summed E-state index contributed by atoms with van der Waals surface area (Å²) in [6.45, 7) is 9.96. The topological polar surface area (TPSA) is 116 Å². The van der Waals surface area contributed by atoms with Crippen LogP contribution < -0.4 is 23.7 Å². The Morgan fingerprint density at radius 1 is 0.509 bits per heavy atom. The molecule has 10 heteroatoms. The van der Waals surface area contributed by atoms with Crippen molar-refractivity contribution in [2.45, 2.75) is 47.5 Å². The molecule has 0 aliphatic rings. The van der Waals surface area contributed by atoms with Gasteiger partial charge in [0.1, 0.15) is 28.7 Å². The van der Waals surface area contributed by atoms with E-state index in [2.05, 4.69) is 16.4 Å². The normalized spacial score (nSPS) is 10.2. The highest BCUT2D eigenvalue weighted by molar-refractivity contribution is 6.02. The van der Waals surface area contributed by atoms with Crippen LogP contribution in [0.4, 0.5) is 0 Å². The number of carbonyl (C=O) groups excluding carboxylic acids is 3. The number of aryl methyl sites for hydroxylation is 1. The van der Waals surface area contributed by atoms with Gasteiger partial charge in [0, 0.05) is 58.1 Å². The number of methoxy groups -OCH3 is 7. The van der Waals surface area contributed by atoms with Gasteiger partial charge in [-0.25, -0.2) is 0 Å². The Kier molecular flexibility index (Phi) is 17.2. The number of Topliss-reactive ketones (excluding diaryl/α,β-unsaturated/α-hetero) is 1. The molecule has 0 heterocycles. The zero-order valence-electron chi connectivity index (χ0n) is 33.6. The van der Waals surface area contributed by atoms with Crippen molar-refractivity contribution in [2.75, 3.05) is 64.0 Å². The molecule has 0 radical (unpaired) electrons. The van der Waals surface area contributed by atoms with Crippen LogP contribution in [0.25, 0.3) is 33.4 Å². The van der Waals surface area contributed by atoms with Gasteiger partial charge in [0.25, 0.3) is 0 Å². The average Bonchev–Trinajstić information content (AvgIpc) is 3.17. The Morgan fingerprint density at radius 2 is 0.868 bits per heavy atom. The zero-order chi connectivity index (χ0) is 40.0. The Hall–Kier alpha value is -5.19. The molecule has 0 aliphatic heterocycles. The predicted octanol–water partition coefficient (Wildman–Crippen LogP) is 8.96. The summed E-state index contributed by atoms with van der Waals surface area (Å²) in [4.78, 5) is 37.7. The molecule has 0 atom stereocenters. The maximum atomic E-state index is 13.2. The molecule has 10 nitrogen and oxygen atoms in total. The van der Waals surface area contributed by atoms with Gasteiger partial charge in [0.05, 0.1) is 52.2 Å². The first kappa shape index (κ1) is 44.0. The maximum Gasteiger partial charge on any atom is 0.166 e. The van der Waals surface area contributed by atoms with Crippen LogP contribution in [-0.2, 0) is 15.9 Å². The summed E-state index contributed by atoms with van der Waals surface area (Å²) in [5.41, 5.74) is 9.76. The Labute approximate surface area is 314 Å². The summed E-state index contributed by atoms with van der Waals surface area (Å²) in [6.07, 6.45) is 2.50. The average molecular weight is 731 g/mol. The Bertz CT molecular complexity index is 1810. The summed E-state index contributed by atoms with van der Waals surface area (Å²) < 4.78 is 36.9. The number of rotatable bonds is 13. The van der Waals surface area contributed by atoms with Gasteiger partial charge in [-0.2, -0.15) is 0 Å². The van der Waals surface area contributed by atoms with Gasteiger partial charge in [-0.05, 0) is 96.0 Å². The second-order valence-electron chi connectivity index (χ2n) is 12.0.